The van der Waals surface area contributed by atoms with Gasteiger partial charge in [-0.25, -0.2) is 0 Å². The first-order valence-electron chi connectivity index (χ1n) is 7.17. The summed E-state index contributed by atoms with van der Waals surface area (Å²) in [6.45, 7) is 0.362. The molecule has 1 N–H and O–H groups in total. The first-order chi connectivity index (χ1) is 11.2. The number of carbonyl (C=O) groups is 1. The number of rotatable bonds is 6. The summed E-state index contributed by atoms with van der Waals surface area (Å²) in [5.74, 6) is 1.38. The van der Waals surface area contributed by atoms with Gasteiger partial charge in [-0.15, -0.1) is 22.0 Å². The SMILES string of the molecule is O=C(CCSc1ccccc1Cl)NCc1nnc2ccccn12. The van der Waals surface area contributed by atoms with Gasteiger partial charge in [0, 0.05) is 23.3 Å². The Hall–Kier alpha value is -2.05. The highest BCUT2D eigenvalue weighted by molar-refractivity contribution is 7.99. The molecule has 0 unspecified atom stereocenters. The summed E-state index contributed by atoms with van der Waals surface area (Å²) in [5, 5.41) is 11.7. The van der Waals surface area contributed by atoms with E-state index in [9.17, 15) is 4.79 Å². The second kappa shape index (κ2) is 7.48. The van der Waals surface area contributed by atoms with Crippen molar-refractivity contribution in [2.45, 2.75) is 17.9 Å². The molecule has 23 heavy (non-hydrogen) atoms. The minimum absolute atomic E-state index is 0.0164. The Balaban J connectivity index is 1.47. The predicted octanol–water partition coefficient (Wildman–Crippen LogP) is 3.18. The average molecular weight is 347 g/mol. The van der Waals surface area contributed by atoms with E-state index in [1.807, 2.05) is 53.1 Å². The van der Waals surface area contributed by atoms with Crippen LogP contribution in [0.5, 0.6) is 0 Å². The molecule has 2 heterocycles. The number of nitrogens with zero attached hydrogens (tertiary/aromatic N) is 3. The zero-order valence-corrected chi connectivity index (χ0v) is 13.8. The third-order valence-electron chi connectivity index (χ3n) is 3.25. The molecule has 1 aromatic carbocycles. The van der Waals surface area contributed by atoms with Crippen molar-refractivity contribution in [3.05, 3.63) is 59.5 Å². The smallest absolute Gasteiger partial charge is 0.221 e. The quantitative estimate of drug-likeness (QED) is 0.696. The highest BCUT2D eigenvalue weighted by Gasteiger charge is 2.07. The molecule has 7 heteroatoms. The number of nitrogens with one attached hydrogen (secondary N) is 1. The number of halogens is 1. The van der Waals surface area contributed by atoms with Crippen LogP contribution in [0.15, 0.2) is 53.6 Å². The fourth-order valence-electron chi connectivity index (χ4n) is 2.09. The largest absolute Gasteiger partial charge is 0.349 e. The van der Waals surface area contributed by atoms with Crippen LogP contribution in [0.25, 0.3) is 5.65 Å². The average Bonchev–Trinajstić information content (AvgIpc) is 2.98. The van der Waals surface area contributed by atoms with Crippen LogP contribution in [-0.2, 0) is 11.3 Å². The Bertz CT molecular complexity index is 820. The van der Waals surface area contributed by atoms with Crippen molar-refractivity contribution in [3.8, 4) is 0 Å². The van der Waals surface area contributed by atoms with Crippen LogP contribution in [-0.4, -0.2) is 26.3 Å². The summed E-state index contributed by atoms with van der Waals surface area (Å²) < 4.78 is 1.86. The zero-order valence-electron chi connectivity index (χ0n) is 12.3. The summed E-state index contributed by atoms with van der Waals surface area (Å²) >= 11 is 7.66. The molecule has 0 aliphatic rings. The number of hydrogen-bond acceptors (Lipinski definition) is 4. The van der Waals surface area contributed by atoms with E-state index >= 15 is 0 Å². The van der Waals surface area contributed by atoms with Crippen molar-refractivity contribution in [1.82, 2.24) is 19.9 Å². The van der Waals surface area contributed by atoms with Gasteiger partial charge in [-0.05, 0) is 24.3 Å². The Kier molecular flexibility index (Phi) is 5.15. The van der Waals surface area contributed by atoms with Gasteiger partial charge in [0.25, 0.3) is 0 Å². The van der Waals surface area contributed by atoms with Gasteiger partial charge >= 0.3 is 0 Å². The molecule has 0 fully saturated rings. The molecule has 0 saturated heterocycles. The summed E-state index contributed by atoms with van der Waals surface area (Å²) in [4.78, 5) is 12.9. The van der Waals surface area contributed by atoms with E-state index in [0.29, 0.717) is 29.6 Å². The maximum atomic E-state index is 11.9. The summed E-state index contributed by atoms with van der Waals surface area (Å²) in [7, 11) is 0. The Morgan fingerprint density at radius 2 is 2.00 bits per heavy atom. The first-order valence-corrected chi connectivity index (χ1v) is 8.53. The third kappa shape index (κ3) is 4.03. The van der Waals surface area contributed by atoms with E-state index in [1.165, 1.54) is 0 Å². The molecule has 0 radical (unpaired) electrons. The summed E-state index contributed by atoms with van der Waals surface area (Å²) in [6.07, 6.45) is 2.30. The summed E-state index contributed by atoms with van der Waals surface area (Å²) in [5.41, 5.74) is 0.769. The summed E-state index contributed by atoms with van der Waals surface area (Å²) in [6, 6.07) is 13.3. The molecule has 1 amide bonds. The maximum absolute atomic E-state index is 11.9. The zero-order chi connectivity index (χ0) is 16.1. The van der Waals surface area contributed by atoms with Gasteiger partial charge in [0.15, 0.2) is 11.5 Å². The molecule has 3 aromatic rings. The molecule has 3 rings (SSSR count). The fraction of sp³-hybridized carbons (Fsp3) is 0.188. The monoisotopic (exact) mass is 346 g/mol. The molecule has 2 aromatic heterocycles. The molecule has 0 spiro atoms. The van der Waals surface area contributed by atoms with Gasteiger partial charge in [0.05, 0.1) is 11.6 Å². The van der Waals surface area contributed by atoms with Crippen LogP contribution in [0.3, 0.4) is 0 Å². The van der Waals surface area contributed by atoms with E-state index < -0.39 is 0 Å². The van der Waals surface area contributed by atoms with E-state index in [-0.39, 0.29) is 5.91 Å². The number of hydrogen-bond donors (Lipinski definition) is 1. The van der Waals surface area contributed by atoms with Crippen LogP contribution < -0.4 is 5.32 Å². The molecule has 0 bridgehead atoms. The third-order valence-corrected chi connectivity index (χ3v) is 4.77. The Labute approximate surface area is 143 Å². The second-order valence-electron chi connectivity index (χ2n) is 4.85. The van der Waals surface area contributed by atoms with Gasteiger partial charge in [-0.2, -0.15) is 0 Å². The molecule has 0 atom stereocenters. The number of thioether (sulfide) groups is 1. The number of pyridine rings is 1. The van der Waals surface area contributed by atoms with Gasteiger partial charge < -0.3 is 5.32 Å². The van der Waals surface area contributed by atoms with Gasteiger partial charge in [0.2, 0.25) is 5.91 Å². The van der Waals surface area contributed by atoms with Crippen LogP contribution >= 0.6 is 23.4 Å². The van der Waals surface area contributed by atoms with E-state index in [4.69, 9.17) is 11.6 Å². The van der Waals surface area contributed by atoms with Crippen molar-refractivity contribution >= 4 is 34.9 Å². The lowest BCUT2D eigenvalue weighted by molar-refractivity contribution is -0.120. The number of fused-ring (bicyclic) bond motifs is 1. The highest BCUT2D eigenvalue weighted by Crippen LogP contribution is 2.26. The molecule has 0 saturated carbocycles. The van der Waals surface area contributed by atoms with Crippen molar-refractivity contribution in [1.29, 1.82) is 0 Å². The molecule has 0 aliphatic heterocycles. The lowest BCUT2D eigenvalue weighted by Gasteiger charge is -2.05. The van der Waals surface area contributed by atoms with Crippen LogP contribution in [0, 0.1) is 0 Å². The minimum Gasteiger partial charge on any atom is -0.349 e. The first kappa shape index (κ1) is 15.8. The lowest BCUT2D eigenvalue weighted by atomic mass is 10.4. The van der Waals surface area contributed by atoms with Crippen molar-refractivity contribution in [3.63, 3.8) is 0 Å². The number of carbonyl (C=O) groups excluding carboxylic acids is 1. The van der Waals surface area contributed by atoms with Gasteiger partial charge in [-0.3, -0.25) is 9.20 Å². The number of aromatic nitrogens is 3. The predicted molar refractivity (Wildman–Crippen MR) is 91.6 cm³/mol. The Morgan fingerprint density at radius 3 is 2.87 bits per heavy atom. The van der Waals surface area contributed by atoms with E-state index in [1.54, 1.807) is 11.8 Å². The standard InChI is InChI=1S/C16H15ClN4OS/c17-12-5-1-2-6-13(12)23-10-8-16(22)18-11-15-20-19-14-7-3-4-9-21(14)15/h1-7,9H,8,10-11H2,(H,18,22). The highest BCUT2D eigenvalue weighted by atomic mass is 35.5. The van der Waals surface area contributed by atoms with Crippen molar-refractivity contribution in [2.24, 2.45) is 0 Å². The minimum atomic E-state index is -0.0164. The van der Waals surface area contributed by atoms with Crippen molar-refractivity contribution in [2.75, 3.05) is 5.75 Å². The van der Waals surface area contributed by atoms with Crippen molar-refractivity contribution < 1.29 is 4.79 Å². The second-order valence-corrected chi connectivity index (χ2v) is 6.39. The van der Waals surface area contributed by atoms with Crippen LogP contribution in [0.2, 0.25) is 5.02 Å². The topological polar surface area (TPSA) is 59.3 Å². The lowest BCUT2D eigenvalue weighted by Crippen LogP contribution is -2.24. The molecular formula is C16H15ClN4OS. The normalized spacial score (nSPS) is 10.8. The Morgan fingerprint density at radius 1 is 1.17 bits per heavy atom. The van der Waals surface area contributed by atoms with E-state index in [2.05, 4.69) is 15.5 Å². The molecule has 0 aliphatic carbocycles. The van der Waals surface area contributed by atoms with Gasteiger partial charge in [-0.1, -0.05) is 29.8 Å². The maximum Gasteiger partial charge on any atom is 0.221 e. The van der Waals surface area contributed by atoms with Crippen LogP contribution in [0.4, 0.5) is 0 Å². The fourth-order valence-corrected chi connectivity index (χ4v) is 3.28. The number of benzene rings is 1. The van der Waals surface area contributed by atoms with Crippen LogP contribution in [0.1, 0.15) is 12.2 Å². The molecule has 5 nitrogen and oxygen atoms in total. The number of amides is 1. The van der Waals surface area contributed by atoms with Gasteiger partial charge in [0.1, 0.15) is 0 Å². The van der Waals surface area contributed by atoms with E-state index in [0.717, 1.165) is 10.5 Å². The molecular weight excluding hydrogens is 332 g/mol. The molecule has 118 valence electrons.